The van der Waals surface area contributed by atoms with Crippen LogP contribution in [0.15, 0.2) is 30.3 Å². The van der Waals surface area contributed by atoms with E-state index in [1.54, 1.807) is 0 Å². The zero-order chi connectivity index (χ0) is 20.1. The molecule has 5 heteroatoms. The van der Waals surface area contributed by atoms with E-state index >= 15 is 0 Å². The van der Waals surface area contributed by atoms with Crippen molar-refractivity contribution in [3.63, 3.8) is 0 Å². The van der Waals surface area contributed by atoms with Gasteiger partial charge in [0.25, 0.3) is 0 Å². The Bertz CT molecular complexity index is 781. The Morgan fingerprint density at radius 2 is 2.07 bits per heavy atom. The van der Waals surface area contributed by atoms with E-state index in [1.807, 2.05) is 0 Å². The van der Waals surface area contributed by atoms with Gasteiger partial charge < -0.3 is 9.64 Å². The minimum absolute atomic E-state index is 0.458. The zero-order valence-corrected chi connectivity index (χ0v) is 18.1. The fourth-order valence-corrected chi connectivity index (χ4v) is 4.58. The summed E-state index contributed by atoms with van der Waals surface area (Å²) in [5.74, 6) is 0. The fraction of sp³-hybridized carbons (Fsp3) is 0.625. The van der Waals surface area contributed by atoms with E-state index in [0.717, 1.165) is 58.7 Å². The van der Waals surface area contributed by atoms with Gasteiger partial charge in [0.1, 0.15) is 0 Å². The number of hydrogen-bond donors (Lipinski definition) is 0. The van der Waals surface area contributed by atoms with Crippen molar-refractivity contribution >= 4 is 0 Å². The Hall–Kier alpha value is -1.69. The minimum Gasteiger partial charge on any atom is -0.378 e. The summed E-state index contributed by atoms with van der Waals surface area (Å²) in [6.45, 7) is 9.32. The number of fused-ring (bicyclic) bond motifs is 1. The van der Waals surface area contributed by atoms with Gasteiger partial charge in [-0.05, 0) is 63.3 Å². The molecule has 4 rings (SSSR count). The van der Waals surface area contributed by atoms with E-state index in [2.05, 4.69) is 58.8 Å². The van der Waals surface area contributed by atoms with E-state index in [1.165, 1.54) is 41.8 Å². The number of rotatable bonds is 7. The predicted molar refractivity (Wildman–Crippen MR) is 117 cm³/mol. The summed E-state index contributed by atoms with van der Waals surface area (Å²) in [4.78, 5) is 4.96. The highest BCUT2D eigenvalue weighted by Gasteiger charge is 2.19. The fourth-order valence-electron chi connectivity index (χ4n) is 4.58. The number of aryl methyl sites for hydroxylation is 2. The molecule has 0 radical (unpaired) electrons. The maximum atomic E-state index is 5.88. The SMILES string of the molecule is Cc1ccccc1CN1CCCn2nc(CN(C)CC[C@H]3CCCCO3)cc2C1. The molecule has 29 heavy (non-hydrogen) atoms. The van der Waals surface area contributed by atoms with Gasteiger partial charge in [-0.1, -0.05) is 24.3 Å². The van der Waals surface area contributed by atoms with Crippen LogP contribution in [-0.2, 0) is 30.9 Å². The summed E-state index contributed by atoms with van der Waals surface area (Å²) in [7, 11) is 2.21. The largest absolute Gasteiger partial charge is 0.378 e. The van der Waals surface area contributed by atoms with Gasteiger partial charge in [0.15, 0.2) is 0 Å². The lowest BCUT2D eigenvalue weighted by molar-refractivity contribution is 0.00635. The normalized spacial score (nSPS) is 20.6. The van der Waals surface area contributed by atoms with Crippen molar-refractivity contribution in [2.24, 2.45) is 0 Å². The number of hydrogen-bond acceptors (Lipinski definition) is 4. The molecule has 1 aromatic carbocycles. The Kier molecular flexibility index (Phi) is 7.01. The van der Waals surface area contributed by atoms with E-state index in [-0.39, 0.29) is 0 Å². The van der Waals surface area contributed by atoms with Crippen LogP contribution in [0.4, 0.5) is 0 Å². The van der Waals surface area contributed by atoms with Crippen LogP contribution in [0.1, 0.15) is 54.6 Å². The monoisotopic (exact) mass is 396 g/mol. The molecule has 2 aliphatic heterocycles. The van der Waals surface area contributed by atoms with Crippen LogP contribution in [0.2, 0.25) is 0 Å². The van der Waals surface area contributed by atoms with Crippen LogP contribution in [0.3, 0.4) is 0 Å². The van der Waals surface area contributed by atoms with Crippen LogP contribution < -0.4 is 0 Å². The molecule has 3 heterocycles. The van der Waals surface area contributed by atoms with Crippen molar-refractivity contribution in [2.75, 3.05) is 26.7 Å². The third-order valence-electron chi connectivity index (χ3n) is 6.34. The molecule has 1 atom stereocenters. The second-order valence-electron chi connectivity index (χ2n) is 8.86. The second-order valence-corrected chi connectivity index (χ2v) is 8.86. The first-order chi connectivity index (χ1) is 14.2. The zero-order valence-electron chi connectivity index (χ0n) is 18.1. The first-order valence-corrected chi connectivity index (χ1v) is 11.3. The third kappa shape index (κ3) is 5.68. The average molecular weight is 397 g/mol. The van der Waals surface area contributed by atoms with Gasteiger partial charge in [-0.3, -0.25) is 9.58 Å². The number of aromatic nitrogens is 2. The van der Waals surface area contributed by atoms with E-state index in [4.69, 9.17) is 9.84 Å². The highest BCUT2D eigenvalue weighted by atomic mass is 16.5. The number of ether oxygens (including phenoxy) is 1. The quantitative estimate of drug-likeness (QED) is 0.709. The van der Waals surface area contributed by atoms with Gasteiger partial charge in [-0.2, -0.15) is 5.10 Å². The molecule has 2 aromatic rings. The smallest absolute Gasteiger partial charge is 0.0768 e. The van der Waals surface area contributed by atoms with Crippen LogP contribution >= 0.6 is 0 Å². The molecule has 158 valence electrons. The summed E-state index contributed by atoms with van der Waals surface area (Å²) >= 11 is 0. The van der Waals surface area contributed by atoms with Crippen molar-refractivity contribution in [1.29, 1.82) is 0 Å². The second kappa shape index (κ2) is 9.88. The highest BCUT2D eigenvalue weighted by molar-refractivity contribution is 5.25. The summed E-state index contributed by atoms with van der Waals surface area (Å²) in [5.41, 5.74) is 5.37. The average Bonchev–Trinajstić information content (AvgIpc) is 2.99. The van der Waals surface area contributed by atoms with Crippen molar-refractivity contribution in [1.82, 2.24) is 19.6 Å². The molecule has 5 nitrogen and oxygen atoms in total. The highest BCUT2D eigenvalue weighted by Crippen LogP contribution is 2.19. The molecule has 1 aromatic heterocycles. The minimum atomic E-state index is 0.458. The Morgan fingerprint density at radius 3 is 2.90 bits per heavy atom. The molecule has 0 aliphatic carbocycles. The van der Waals surface area contributed by atoms with E-state index in [0.29, 0.717) is 6.10 Å². The molecule has 0 saturated carbocycles. The molecular weight excluding hydrogens is 360 g/mol. The van der Waals surface area contributed by atoms with Crippen LogP contribution in [0.5, 0.6) is 0 Å². The maximum absolute atomic E-state index is 5.88. The van der Waals surface area contributed by atoms with Gasteiger partial charge in [0, 0.05) is 45.9 Å². The lowest BCUT2D eigenvalue weighted by atomic mass is 10.1. The maximum Gasteiger partial charge on any atom is 0.0768 e. The molecule has 0 N–H and O–H groups in total. The summed E-state index contributed by atoms with van der Waals surface area (Å²) < 4.78 is 8.12. The summed E-state index contributed by atoms with van der Waals surface area (Å²) in [6, 6.07) is 11.1. The number of benzene rings is 1. The first kappa shape index (κ1) is 20.6. The van der Waals surface area contributed by atoms with E-state index in [9.17, 15) is 0 Å². The molecule has 0 bridgehead atoms. The lowest BCUT2D eigenvalue weighted by Crippen LogP contribution is -2.27. The van der Waals surface area contributed by atoms with Gasteiger partial charge in [-0.25, -0.2) is 0 Å². The van der Waals surface area contributed by atoms with Gasteiger partial charge >= 0.3 is 0 Å². The molecular formula is C24H36N4O. The van der Waals surface area contributed by atoms with E-state index < -0.39 is 0 Å². The van der Waals surface area contributed by atoms with Gasteiger partial charge in [0.2, 0.25) is 0 Å². The molecule has 1 fully saturated rings. The number of nitrogens with zero attached hydrogens (tertiary/aromatic N) is 4. The van der Waals surface area contributed by atoms with Gasteiger partial charge in [-0.15, -0.1) is 0 Å². The standard InChI is InChI=1S/C24H36N4O/c1-20-8-3-4-9-21(20)17-27-12-7-13-28-23(19-27)16-22(25-28)18-26(2)14-11-24-10-5-6-15-29-24/h3-4,8-9,16,24H,5-7,10-15,17-19H2,1-2H3/t24-/m1/s1. The summed E-state index contributed by atoms with van der Waals surface area (Å²) in [6.07, 6.45) is 6.53. The van der Waals surface area contributed by atoms with Crippen LogP contribution in [0.25, 0.3) is 0 Å². The van der Waals surface area contributed by atoms with Crippen molar-refractivity contribution in [3.8, 4) is 0 Å². The van der Waals surface area contributed by atoms with Crippen LogP contribution in [-0.4, -0.2) is 52.4 Å². The van der Waals surface area contributed by atoms with Crippen LogP contribution in [0, 0.1) is 6.92 Å². The predicted octanol–water partition coefficient (Wildman–Crippen LogP) is 3.99. The molecule has 0 unspecified atom stereocenters. The van der Waals surface area contributed by atoms with Crippen molar-refractivity contribution < 1.29 is 4.74 Å². The molecule has 0 spiro atoms. The molecule has 1 saturated heterocycles. The van der Waals surface area contributed by atoms with Crippen molar-refractivity contribution in [2.45, 2.75) is 71.3 Å². The molecule has 0 amide bonds. The molecule has 2 aliphatic rings. The summed E-state index contributed by atoms with van der Waals surface area (Å²) in [5, 5.41) is 4.92. The Labute approximate surface area is 175 Å². The third-order valence-corrected chi connectivity index (χ3v) is 6.34. The first-order valence-electron chi connectivity index (χ1n) is 11.3. The van der Waals surface area contributed by atoms with Crippen molar-refractivity contribution in [3.05, 3.63) is 52.8 Å². The Balaban J connectivity index is 1.32. The lowest BCUT2D eigenvalue weighted by Gasteiger charge is -2.24. The Morgan fingerprint density at radius 1 is 1.17 bits per heavy atom. The van der Waals surface area contributed by atoms with Gasteiger partial charge in [0.05, 0.1) is 17.5 Å². The topological polar surface area (TPSA) is 33.5 Å².